The Kier molecular flexibility index (Phi) is 17.3. The van der Waals surface area contributed by atoms with Gasteiger partial charge in [-0.3, -0.25) is 0 Å². The van der Waals surface area contributed by atoms with Crippen molar-refractivity contribution in [3.8, 4) is 0 Å². The van der Waals surface area contributed by atoms with Crippen LogP contribution in [0.2, 0.25) is 0 Å². The molecule has 0 aliphatic heterocycles. The van der Waals surface area contributed by atoms with Crippen LogP contribution in [-0.2, 0) is 0 Å². The summed E-state index contributed by atoms with van der Waals surface area (Å²) >= 11 is 0. The number of hydrogen-bond acceptors (Lipinski definition) is 0. The van der Waals surface area contributed by atoms with E-state index in [1.807, 2.05) is 0 Å². The van der Waals surface area contributed by atoms with E-state index in [2.05, 4.69) is 23.1 Å². The summed E-state index contributed by atoms with van der Waals surface area (Å²) in [4.78, 5) is 0. The smallest absolute Gasteiger partial charge is 0 e. The van der Waals surface area contributed by atoms with Gasteiger partial charge >= 0.3 is 0 Å². The van der Waals surface area contributed by atoms with Gasteiger partial charge in [-0.05, 0) is 12.1 Å². The van der Waals surface area contributed by atoms with E-state index in [0.717, 1.165) is 5.66 Å². The summed E-state index contributed by atoms with van der Waals surface area (Å²) in [7, 11) is 2.87. The van der Waals surface area contributed by atoms with Crippen LogP contribution in [0.4, 0.5) is 0 Å². The van der Waals surface area contributed by atoms with Crippen LogP contribution in [0.1, 0.15) is 58.8 Å². The van der Waals surface area contributed by atoms with Gasteiger partial charge in [0.1, 0.15) is 0 Å². The molecule has 0 aliphatic rings. The van der Waals surface area contributed by atoms with Crippen LogP contribution >= 0.6 is 9.24 Å². The monoisotopic (exact) mass is 315 g/mol. The van der Waals surface area contributed by atoms with Crippen molar-refractivity contribution in [1.29, 1.82) is 0 Å². The molecule has 2 heteroatoms. The van der Waals surface area contributed by atoms with Crippen LogP contribution in [0, 0.1) is 41.3 Å². The maximum Gasteiger partial charge on any atom is 0 e. The van der Waals surface area contributed by atoms with E-state index < -0.39 is 0 Å². The van der Waals surface area contributed by atoms with Gasteiger partial charge in [0.15, 0.2) is 0 Å². The van der Waals surface area contributed by atoms with Gasteiger partial charge in [0.25, 0.3) is 0 Å². The summed E-state index contributed by atoms with van der Waals surface area (Å²) in [5.41, 5.74) is 0.821. The largest absolute Gasteiger partial charge is 0.135 e. The summed E-state index contributed by atoms with van der Waals surface area (Å²) < 4.78 is 0. The quantitative estimate of drug-likeness (QED) is 0.492. The third kappa shape index (κ3) is 14.3. The molecule has 0 N–H and O–H groups in total. The van der Waals surface area contributed by atoms with E-state index >= 15 is 0 Å². The molecule has 0 amide bonds. The second kappa shape index (κ2) is 12.8. The molecule has 0 aromatic carbocycles. The fourth-order valence-corrected chi connectivity index (χ4v) is 1.48. The number of unbranched alkanes of at least 4 members (excludes halogenated alkanes) is 5. The van der Waals surface area contributed by atoms with Crippen molar-refractivity contribution >= 4 is 9.24 Å². The van der Waals surface area contributed by atoms with Crippen LogP contribution < -0.4 is 0 Å². The third-order valence-electron chi connectivity index (χ3n) is 2.01. The third-order valence-corrected chi connectivity index (χ3v) is 2.35. The van der Waals surface area contributed by atoms with Crippen LogP contribution in [0.25, 0.3) is 0 Å². The first-order valence-electron chi connectivity index (χ1n) is 5.03. The molecule has 0 saturated heterocycles. The van der Waals surface area contributed by atoms with Crippen molar-refractivity contribution in [2.75, 3.05) is 0 Å². The summed E-state index contributed by atoms with van der Waals surface area (Å²) in [5, 5.41) is 0. The first-order chi connectivity index (χ1) is 5.27. The average molecular weight is 315 g/mol. The molecule has 0 aromatic heterocycles. The van der Waals surface area contributed by atoms with Gasteiger partial charge in [-0.1, -0.05) is 52.4 Å². The zero-order valence-corrected chi connectivity index (χ0v) is 13.5. The van der Waals surface area contributed by atoms with Crippen LogP contribution in [-0.4, -0.2) is 5.66 Å². The van der Waals surface area contributed by atoms with Crippen molar-refractivity contribution in [3.63, 3.8) is 0 Å². The average Bonchev–Trinajstić information content (AvgIpc) is 1.96. The zero-order chi connectivity index (χ0) is 8.53. The molecule has 0 rings (SSSR count). The second-order valence-electron chi connectivity index (χ2n) is 3.53. The Hall–Kier alpha value is 1.79. The Morgan fingerprint density at radius 2 is 1.50 bits per heavy atom. The fourth-order valence-electron chi connectivity index (χ4n) is 1.25. The van der Waals surface area contributed by atoms with E-state index in [0.29, 0.717) is 0 Å². The van der Waals surface area contributed by atoms with Crippen molar-refractivity contribution in [2.24, 2.45) is 0 Å². The molecule has 0 heterocycles. The molecule has 0 saturated carbocycles. The normalized spacial score (nSPS) is 12.2. The number of hydrogen-bond donors (Lipinski definition) is 0. The first-order valence-corrected chi connectivity index (χ1v) is 5.69. The predicted molar refractivity (Wildman–Crippen MR) is 57.2 cm³/mol. The molecular formula is C10H23PPr. The molecule has 0 aromatic rings. The van der Waals surface area contributed by atoms with Gasteiger partial charge in [0, 0.05) is 41.3 Å². The standard InChI is InChI=1S/C10H23P.Pr/c1-3-4-5-6-7-8-9-10(2)11;/h10H,3-9,11H2,1-2H3;. The predicted octanol–water partition coefficient (Wildman–Crippen LogP) is 4.00. The molecular weight excluding hydrogens is 292 g/mol. The molecule has 0 aliphatic carbocycles. The van der Waals surface area contributed by atoms with E-state index in [-0.39, 0.29) is 41.3 Å². The molecule has 0 bridgehead atoms. The molecule has 12 heavy (non-hydrogen) atoms. The minimum atomic E-state index is 0. The van der Waals surface area contributed by atoms with Crippen LogP contribution in [0.3, 0.4) is 0 Å². The second-order valence-corrected chi connectivity index (χ2v) is 4.67. The van der Waals surface area contributed by atoms with E-state index in [9.17, 15) is 0 Å². The summed E-state index contributed by atoms with van der Waals surface area (Å²) in [6.45, 7) is 4.54. The maximum atomic E-state index is 2.87. The van der Waals surface area contributed by atoms with Gasteiger partial charge in [0.2, 0.25) is 0 Å². The minimum absolute atomic E-state index is 0. The molecule has 0 nitrogen and oxygen atoms in total. The Morgan fingerprint density at radius 3 is 2.00 bits per heavy atom. The Balaban J connectivity index is 0. The fraction of sp³-hybridized carbons (Fsp3) is 1.00. The SMILES string of the molecule is CCCCCCCCC(C)P.[Pr]. The van der Waals surface area contributed by atoms with Gasteiger partial charge in [0.05, 0.1) is 0 Å². The van der Waals surface area contributed by atoms with Crippen molar-refractivity contribution in [1.82, 2.24) is 0 Å². The zero-order valence-electron chi connectivity index (χ0n) is 8.68. The minimum Gasteiger partial charge on any atom is -0.135 e. The molecule has 2 unspecified atom stereocenters. The van der Waals surface area contributed by atoms with E-state index in [1.54, 1.807) is 0 Å². The maximum absolute atomic E-state index is 2.87. The molecule has 0 fully saturated rings. The molecule has 1 radical (unpaired) electrons. The first kappa shape index (κ1) is 16.2. The van der Waals surface area contributed by atoms with E-state index in [4.69, 9.17) is 0 Å². The van der Waals surface area contributed by atoms with Gasteiger partial charge in [-0.2, -0.15) is 0 Å². The summed E-state index contributed by atoms with van der Waals surface area (Å²) in [5.74, 6) is 0. The topological polar surface area (TPSA) is 0 Å². The van der Waals surface area contributed by atoms with Crippen molar-refractivity contribution in [3.05, 3.63) is 0 Å². The van der Waals surface area contributed by atoms with Gasteiger partial charge in [-0.25, -0.2) is 0 Å². The van der Waals surface area contributed by atoms with Crippen LogP contribution in [0.5, 0.6) is 0 Å². The molecule has 2 atom stereocenters. The molecule has 71 valence electrons. The summed E-state index contributed by atoms with van der Waals surface area (Å²) in [6, 6.07) is 0. The van der Waals surface area contributed by atoms with Gasteiger partial charge < -0.3 is 0 Å². The Morgan fingerprint density at radius 1 is 1.00 bits per heavy atom. The molecule has 0 spiro atoms. The van der Waals surface area contributed by atoms with Crippen LogP contribution in [0.15, 0.2) is 0 Å². The van der Waals surface area contributed by atoms with Crippen molar-refractivity contribution in [2.45, 2.75) is 64.5 Å². The Labute approximate surface area is 114 Å². The number of rotatable bonds is 7. The van der Waals surface area contributed by atoms with Gasteiger partial charge in [-0.15, -0.1) is 9.24 Å². The Bertz CT molecular complexity index is 74.2. The summed E-state index contributed by atoms with van der Waals surface area (Å²) in [6.07, 6.45) is 9.94. The van der Waals surface area contributed by atoms with E-state index in [1.165, 1.54) is 44.9 Å². The van der Waals surface area contributed by atoms with Crippen molar-refractivity contribution < 1.29 is 41.3 Å².